The van der Waals surface area contributed by atoms with Gasteiger partial charge in [0, 0.05) is 0 Å². The van der Waals surface area contributed by atoms with Gasteiger partial charge in [0.25, 0.3) is 6.01 Å². The number of benzene rings is 2. The molecule has 1 aromatic heterocycles. The van der Waals surface area contributed by atoms with Crippen LogP contribution in [0.15, 0.2) is 40.8 Å². The summed E-state index contributed by atoms with van der Waals surface area (Å²) in [6.45, 7) is 0. The molecular formula is C13H8Cl2N2O2. The lowest BCUT2D eigenvalue weighted by Gasteiger charge is -2.05. The number of nitrogens with zero attached hydrogens (tertiary/aromatic N) is 1. The third kappa shape index (κ3) is 2.20. The van der Waals surface area contributed by atoms with Crippen LogP contribution in [0.3, 0.4) is 0 Å². The maximum Gasteiger partial charge on any atom is 0.300 e. The van der Waals surface area contributed by atoms with Crippen LogP contribution < -0.4 is 5.32 Å². The normalized spacial score (nSPS) is 10.8. The standard InChI is InChI=1S/C13H8Cl2N2O2/c14-7-3-1-5-9(18)11(7)16-13-17-12-8(15)4-2-6-10(12)19-13/h1-6,18H,(H,16,17). The summed E-state index contributed by atoms with van der Waals surface area (Å²) in [5.41, 5.74) is 1.45. The molecule has 3 aromatic rings. The molecule has 0 saturated carbocycles. The van der Waals surface area contributed by atoms with Crippen LogP contribution in [0.5, 0.6) is 5.75 Å². The Balaban J connectivity index is 2.04. The van der Waals surface area contributed by atoms with Crippen LogP contribution in [0.25, 0.3) is 11.1 Å². The van der Waals surface area contributed by atoms with Crippen LogP contribution in [0.2, 0.25) is 10.0 Å². The second kappa shape index (κ2) is 4.64. The Morgan fingerprint density at radius 2 is 1.79 bits per heavy atom. The summed E-state index contributed by atoms with van der Waals surface area (Å²) >= 11 is 12.0. The fourth-order valence-electron chi connectivity index (χ4n) is 1.71. The van der Waals surface area contributed by atoms with Gasteiger partial charge in [-0.1, -0.05) is 35.3 Å². The van der Waals surface area contributed by atoms with E-state index in [4.69, 9.17) is 27.6 Å². The minimum Gasteiger partial charge on any atom is -0.506 e. The molecule has 0 aliphatic carbocycles. The number of phenols is 1. The molecule has 0 radical (unpaired) electrons. The first-order valence-corrected chi connectivity index (χ1v) is 6.20. The number of hydrogen-bond donors (Lipinski definition) is 2. The topological polar surface area (TPSA) is 58.3 Å². The number of oxazole rings is 1. The molecule has 96 valence electrons. The summed E-state index contributed by atoms with van der Waals surface area (Å²) in [5.74, 6) is 0.0147. The summed E-state index contributed by atoms with van der Waals surface area (Å²) in [6, 6.07) is 10.3. The highest BCUT2D eigenvalue weighted by Gasteiger charge is 2.12. The second-order valence-electron chi connectivity index (χ2n) is 3.86. The first kappa shape index (κ1) is 12.1. The van der Waals surface area contributed by atoms with Crippen molar-refractivity contribution >= 4 is 46.0 Å². The van der Waals surface area contributed by atoms with Gasteiger partial charge in [-0.3, -0.25) is 0 Å². The van der Waals surface area contributed by atoms with Gasteiger partial charge in [-0.05, 0) is 24.3 Å². The third-order valence-corrected chi connectivity index (χ3v) is 3.21. The van der Waals surface area contributed by atoms with Gasteiger partial charge in [0.2, 0.25) is 0 Å². The maximum absolute atomic E-state index is 9.74. The van der Waals surface area contributed by atoms with Crippen molar-refractivity contribution < 1.29 is 9.52 Å². The van der Waals surface area contributed by atoms with Crippen molar-refractivity contribution in [3.63, 3.8) is 0 Å². The lowest BCUT2D eigenvalue weighted by molar-refractivity contribution is 0.477. The fourth-order valence-corrected chi connectivity index (χ4v) is 2.14. The van der Waals surface area contributed by atoms with Crippen LogP contribution in [0.1, 0.15) is 0 Å². The van der Waals surface area contributed by atoms with E-state index in [-0.39, 0.29) is 11.8 Å². The smallest absolute Gasteiger partial charge is 0.300 e. The number of rotatable bonds is 2. The van der Waals surface area contributed by atoms with E-state index < -0.39 is 0 Å². The molecule has 6 heteroatoms. The molecule has 0 aliphatic heterocycles. The average molecular weight is 295 g/mol. The van der Waals surface area contributed by atoms with Crippen molar-refractivity contribution in [2.75, 3.05) is 5.32 Å². The predicted molar refractivity (Wildman–Crippen MR) is 75.4 cm³/mol. The molecule has 0 saturated heterocycles. The predicted octanol–water partition coefficient (Wildman–Crippen LogP) is 4.58. The maximum atomic E-state index is 9.74. The number of fused-ring (bicyclic) bond motifs is 1. The Hall–Kier alpha value is -1.91. The highest BCUT2D eigenvalue weighted by atomic mass is 35.5. The lowest BCUT2D eigenvalue weighted by atomic mass is 10.3. The van der Waals surface area contributed by atoms with Crippen LogP contribution in [0, 0.1) is 0 Å². The quantitative estimate of drug-likeness (QED) is 0.679. The molecule has 0 bridgehead atoms. The van der Waals surface area contributed by atoms with Gasteiger partial charge in [0.15, 0.2) is 5.58 Å². The molecule has 0 spiro atoms. The average Bonchev–Trinajstić information content (AvgIpc) is 2.78. The number of aromatic hydroxyl groups is 1. The first-order chi connectivity index (χ1) is 9.15. The molecule has 0 unspecified atom stereocenters. The first-order valence-electron chi connectivity index (χ1n) is 5.45. The van der Waals surface area contributed by atoms with E-state index >= 15 is 0 Å². The van der Waals surface area contributed by atoms with Crippen molar-refractivity contribution in [3.05, 3.63) is 46.4 Å². The third-order valence-electron chi connectivity index (χ3n) is 2.59. The van der Waals surface area contributed by atoms with Crippen LogP contribution >= 0.6 is 23.2 Å². The summed E-state index contributed by atoms with van der Waals surface area (Å²) in [6.07, 6.45) is 0. The molecule has 0 atom stereocenters. The zero-order valence-corrected chi connectivity index (χ0v) is 11.0. The van der Waals surface area contributed by atoms with Crippen molar-refractivity contribution in [1.82, 2.24) is 4.98 Å². The van der Waals surface area contributed by atoms with Gasteiger partial charge in [-0.25, -0.2) is 0 Å². The van der Waals surface area contributed by atoms with E-state index in [1.807, 2.05) is 0 Å². The zero-order valence-electron chi connectivity index (χ0n) is 9.52. The molecule has 4 nitrogen and oxygen atoms in total. The molecule has 19 heavy (non-hydrogen) atoms. The van der Waals surface area contributed by atoms with Gasteiger partial charge in [-0.2, -0.15) is 4.98 Å². The number of phenolic OH excluding ortho intramolecular Hbond substituents is 1. The summed E-state index contributed by atoms with van der Waals surface area (Å²) < 4.78 is 5.49. The molecule has 1 heterocycles. The Labute approximate surface area is 118 Å². The molecule has 0 fully saturated rings. The summed E-state index contributed by atoms with van der Waals surface area (Å²) in [4.78, 5) is 4.21. The number of hydrogen-bond acceptors (Lipinski definition) is 4. The molecule has 2 N–H and O–H groups in total. The largest absolute Gasteiger partial charge is 0.506 e. The monoisotopic (exact) mass is 294 g/mol. The van der Waals surface area contributed by atoms with Crippen LogP contribution in [-0.2, 0) is 0 Å². The Morgan fingerprint density at radius 1 is 1.05 bits per heavy atom. The Kier molecular flexibility index (Phi) is 2.97. The van der Waals surface area contributed by atoms with Crippen molar-refractivity contribution in [3.8, 4) is 5.75 Å². The summed E-state index contributed by atoms with van der Waals surface area (Å²) in [7, 11) is 0. The zero-order chi connectivity index (χ0) is 13.4. The van der Waals surface area contributed by atoms with E-state index in [1.165, 1.54) is 6.07 Å². The fraction of sp³-hybridized carbons (Fsp3) is 0. The van der Waals surface area contributed by atoms with Crippen LogP contribution in [0.4, 0.5) is 11.7 Å². The van der Waals surface area contributed by atoms with E-state index in [0.717, 1.165) is 0 Å². The Morgan fingerprint density at radius 3 is 2.53 bits per heavy atom. The summed E-state index contributed by atoms with van der Waals surface area (Å²) in [5, 5.41) is 13.4. The van der Waals surface area contributed by atoms with Gasteiger partial charge in [0.1, 0.15) is 17.0 Å². The van der Waals surface area contributed by atoms with Crippen molar-refractivity contribution in [2.45, 2.75) is 0 Å². The lowest BCUT2D eigenvalue weighted by Crippen LogP contribution is -1.91. The second-order valence-corrected chi connectivity index (χ2v) is 4.68. The van der Waals surface area contributed by atoms with E-state index in [0.29, 0.717) is 26.8 Å². The van der Waals surface area contributed by atoms with Gasteiger partial charge in [-0.15, -0.1) is 0 Å². The van der Waals surface area contributed by atoms with Gasteiger partial charge < -0.3 is 14.8 Å². The molecular weight excluding hydrogens is 287 g/mol. The minimum atomic E-state index is 0.0147. The Bertz CT molecular complexity index is 735. The number of nitrogens with one attached hydrogen (secondary N) is 1. The van der Waals surface area contributed by atoms with Crippen molar-refractivity contribution in [2.24, 2.45) is 0 Å². The van der Waals surface area contributed by atoms with Gasteiger partial charge >= 0.3 is 0 Å². The number of anilines is 2. The number of aromatic nitrogens is 1. The highest BCUT2D eigenvalue weighted by molar-refractivity contribution is 6.35. The molecule has 0 amide bonds. The minimum absolute atomic E-state index is 0.0147. The molecule has 2 aromatic carbocycles. The molecule has 3 rings (SSSR count). The number of halogens is 2. The SMILES string of the molecule is Oc1cccc(Cl)c1Nc1nc2c(Cl)cccc2o1. The van der Waals surface area contributed by atoms with E-state index in [9.17, 15) is 5.11 Å². The van der Waals surface area contributed by atoms with E-state index in [1.54, 1.807) is 30.3 Å². The van der Waals surface area contributed by atoms with Crippen LogP contribution in [-0.4, -0.2) is 10.1 Å². The molecule has 0 aliphatic rings. The van der Waals surface area contributed by atoms with Gasteiger partial charge in [0.05, 0.1) is 10.0 Å². The highest BCUT2D eigenvalue weighted by Crippen LogP contribution is 2.35. The number of para-hydroxylation sites is 2. The van der Waals surface area contributed by atoms with E-state index in [2.05, 4.69) is 10.3 Å². The van der Waals surface area contributed by atoms with Crippen molar-refractivity contribution in [1.29, 1.82) is 0 Å².